The Hall–Kier alpha value is -3.01. The average Bonchev–Trinajstić information content (AvgIpc) is 3.63. The standard InChI is InChI=1S/C23H26BrN5O4/c1-33-21(31)18-3-2-17(24)10-19(18)29-8-4-15(5-9-29)11-27-22(32)23(6-7-23)28-20(30)16-12-25-14-26-13-16/h2-3,10,12-15H,4-9,11H2,1H3,(H,27,32)(H,28,30). The van der Waals surface area contributed by atoms with Crippen LogP contribution in [0.1, 0.15) is 46.4 Å². The monoisotopic (exact) mass is 515 g/mol. The van der Waals surface area contributed by atoms with Gasteiger partial charge in [-0.1, -0.05) is 15.9 Å². The first kappa shape index (κ1) is 23.2. The van der Waals surface area contributed by atoms with Gasteiger partial charge in [0.1, 0.15) is 11.9 Å². The van der Waals surface area contributed by atoms with Crippen LogP contribution in [0.3, 0.4) is 0 Å². The van der Waals surface area contributed by atoms with Gasteiger partial charge in [-0.2, -0.15) is 0 Å². The van der Waals surface area contributed by atoms with Gasteiger partial charge in [-0.3, -0.25) is 9.59 Å². The summed E-state index contributed by atoms with van der Waals surface area (Å²) in [6, 6.07) is 5.53. The van der Waals surface area contributed by atoms with E-state index >= 15 is 0 Å². The number of amides is 2. The van der Waals surface area contributed by atoms with E-state index in [9.17, 15) is 14.4 Å². The number of piperidine rings is 1. The van der Waals surface area contributed by atoms with Crippen LogP contribution in [-0.4, -0.2) is 60.0 Å². The van der Waals surface area contributed by atoms with Gasteiger partial charge >= 0.3 is 5.97 Å². The smallest absolute Gasteiger partial charge is 0.339 e. The number of hydrogen-bond acceptors (Lipinski definition) is 7. The third-order valence-electron chi connectivity index (χ3n) is 6.23. The molecule has 33 heavy (non-hydrogen) atoms. The van der Waals surface area contributed by atoms with Crippen molar-refractivity contribution in [3.63, 3.8) is 0 Å². The molecule has 4 rings (SSSR count). The molecule has 0 unspecified atom stereocenters. The molecular formula is C23H26BrN5O4. The van der Waals surface area contributed by atoms with E-state index in [0.29, 0.717) is 36.4 Å². The number of methoxy groups -OCH3 is 1. The molecule has 0 atom stereocenters. The van der Waals surface area contributed by atoms with Crippen LogP contribution in [-0.2, 0) is 9.53 Å². The lowest BCUT2D eigenvalue weighted by molar-refractivity contribution is -0.124. The topological polar surface area (TPSA) is 114 Å². The minimum Gasteiger partial charge on any atom is -0.465 e. The van der Waals surface area contributed by atoms with Gasteiger partial charge in [-0.25, -0.2) is 14.8 Å². The van der Waals surface area contributed by atoms with Crippen molar-refractivity contribution >= 4 is 39.4 Å². The van der Waals surface area contributed by atoms with Gasteiger partial charge in [0.15, 0.2) is 0 Å². The highest BCUT2D eigenvalue weighted by atomic mass is 79.9. The summed E-state index contributed by atoms with van der Waals surface area (Å²) in [5.41, 5.74) is 0.896. The van der Waals surface area contributed by atoms with Crippen molar-refractivity contribution in [2.45, 2.75) is 31.2 Å². The minimum absolute atomic E-state index is 0.143. The summed E-state index contributed by atoms with van der Waals surface area (Å²) in [5.74, 6) is -0.513. The lowest BCUT2D eigenvalue weighted by atomic mass is 9.95. The maximum Gasteiger partial charge on any atom is 0.339 e. The Morgan fingerprint density at radius 2 is 1.88 bits per heavy atom. The molecule has 2 heterocycles. The van der Waals surface area contributed by atoms with E-state index in [0.717, 1.165) is 36.1 Å². The molecule has 174 valence electrons. The number of anilines is 1. The first-order valence-electron chi connectivity index (χ1n) is 10.9. The zero-order valence-corrected chi connectivity index (χ0v) is 19.9. The number of nitrogens with one attached hydrogen (secondary N) is 2. The molecule has 1 aromatic heterocycles. The highest BCUT2D eigenvalue weighted by Crippen LogP contribution is 2.36. The Morgan fingerprint density at radius 1 is 1.18 bits per heavy atom. The van der Waals surface area contributed by atoms with E-state index in [-0.39, 0.29) is 17.8 Å². The molecule has 0 radical (unpaired) electrons. The Kier molecular flexibility index (Phi) is 6.92. The van der Waals surface area contributed by atoms with Crippen molar-refractivity contribution in [2.75, 3.05) is 31.6 Å². The van der Waals surface area contributed by atoms with E-state index in [2.05, 4.69) is 41.4 Å². The molecule has 1 aromatic carbocycles. The number of halogens is 1. The van der Waals surface area contributed by atoms with E-state index in [1.54, 1.807) is 6.07 Å². The van der Waals surface area contributed by atoms with Crippen LogP contribution in [0.4, 0.5) is 5.69 Å². The summed E-state index contributed by atoms with van der Waals surface area (Å²) < 4.78 is 5.82. The summed E-state index contributed by atoms with van der Waals surface area (Å²) in [6.45, 7) is 2.11. The summed E-state index contributed by atoms with van der Waals surface area (Å²) in [5, 5.41) is 5.87. The fourth-order valence-electron chi connectivity index (χ4n) is 4.07. The van der Waals surface area contributed by atoms with Gasteiger partial charge in [0, 0.05) is 36.5 Å². The second-order valence-corrected chi connectivity index (χ2v) is 9.37. The van der Waals surface area contributed by atoms with Crippen LogP contribution in [0, 0.1) is 5.92 Å². The fraction of sp³-hybridized carbons (Fsp3) is 0.435. The molecule has 0 bridgehead atoms. The summed E-state index contributed by atoms with van der Waals surface area (Å²) in [4.78, 5) is 47.2. The van der Waals surface area contributed by atoms with Gasteiger partial charge < -0.3 is 20.3 Å². The molecule has 2 fully saturated rings. The molecule has 10 heteroatoms. The number of benzene rings is 1. The van der Waals surface area contributed by atoms with Gasteiger partial charge in [0.2, 0.25) is 5.91 Å². The van der Waals surface area contributed by atoms with E-state index < -0.39 is 5.54 Å². The number of rotatable bonds is 7. The van der Waals surface area contributed by atoms with Crippen molar-refractivity contribution in [1.29, 1.82) is 0 Å². The molecule has 1 aliphatic heterocycles. The van der Waals surface area contributed by atoms with E-state index in [4.69, 9.17) is 4.74 Å². The van der Waals surface area contributed by atoms with Gasteiger partial charge in [0.25, 0.3) is 5.91 Å². The lowest BCUT2D eigenvalue weighted by Gasteiger charge is -2.34. The number of esters is 1. The first-order valence-corrected chi connectivity index (χ1v) is 11.7. The van der Waals surface area contributed by atoms with Gasteiger partial charge in [-0.05, 0) is 49.8 Å². The number of hydrogen-bond donors (Lipinski definition) is 2. The van der Waals surface area contributed by atoms with Crippen LogP contribution < -0.4 is 15.5 Å². The van der Waals surface area contributed by atoms with Gasteiger partial charge in [-0.15, -0.1) is 0 Å². The molecule has 2 aliphatic rings. The minimum atomic E-state index is -0.834. The molecule has 1 aliphatic carbocycles. The molecule has 2 amide bonds. The fourth-order valence-corrected chi connectivity index (χ4v) is 4.42. The molecule has 1 saturated heterocycles. The summed E-state index contributed by atoms with van der Waals surface area (Å²) >= 11 is 3.48. The molecule has 2 N–H and O–H groups in total. The van der Waals surface area contributed by atoms with E-state index in [1.165, 1.54) is 25.8 Å². The molecule has 2 aromatic rings. The van der Waals surface area contributed by atoms with Crippen LogP contribution in [0.2, 0.25) is 0 Å². The predicted octanol–water partition coefficient (Wildman–Crippen LogP) is 2.32. The van der Waals surface area contributed by atoms with Crippen LogP contribution in [0.25, 0.3) is 0 Å². The number of aromatic nitrogens is 2. The second kappa shape index (κ2) is 9.86. The summed E-state index contributed by atoms with van der Waals surface area (Å²) in [7, 11) is 1.38. The van der Waals surface area contributed by atoms with Crippen LogP contribution >= 0.6 is 15.9 Å². The first-order chi connectivity index (χ1) is 15.9. The number of nitrogens with zero attached hydrogens (tertiary/aromatic N) is 3. The zero-order chi connectivity index (χ0) is 23.4. The second-order valence-electron chi connectivity index (χ2n) is 8.46. The maximum absolute atomic E-state index is 12.8. The quantitative estimate of drug-likeness (QED) is 0.543. The molecular weight excluding hydrogens is 490 g/mol. The Morgan fingerprint density at radius 3 is 2.52 bits per heavy atom. The SMILES string of the molecule is COC(=O)c1ccc(Br)cc1N1CCC(CNC(=O)C2(NC(=O)c3cncnc3)CC2)CC1. The maximum atomic E-state index is 12.8. The van der Waals surface area contributed by atoms with Crippen molar-refractivity contribution in [1.82, 2.24) is 20.6 Å². The largest absolute Gasteiger partial charge is 0.465 e. The average molecular weight is 516 g/mol. The molecule has 0 spiro atoms. The van der Waals surface area contributed by atoms with Crippen LogP contribution in [0.5, 0.6) is 0 Å². The normalized spacial score (nSPS) is 17.2. The van der Waals surface area contributed by atoms with Crippen molar-refractivity contribution in [2.24, 2.45) is 5.92 Å². The van der Waals surface area contributed by atoms with Crippen molar-refractivity contribution < 1.29 is 19.1 Å². The Labute approximate surface area is 200 Å². The Balaban J connectivity index is 1.29. The Bertz CT molecular complexity index is 1040. The third kappa shape index (κ3) is 5.32. The molecule has 1 saturated carbocycles. The molecule has 9 nitrogen and oxygen atoms in total. The van der Waals surface area contributed by atoms with Crippen molar-refractivity contribution in [3.8, 4) is 0 Å². The number of carbonyl (C=O) groups is 3. The van der Waals surface area contributed by atoms with Crippen LogP contribution in [0.15, 0.2) is 41.4 Å². The number of ether oxygens (including phenoxy) is 1. The predicted molar refractivity (Wildman–Crippen MR) is 125 cm³/mol. The lowest BCUT2D eigenvalue weighted by Crippen LogP contribution is -2.50. The van der Waals surface area contributed by atoms with Gasteiger partial charge in [0.05, 0.1) is 23.9 Å². The van der Waals surface area contributed by atoms with Crippen molar-refractivity contribution in [3.05, 3.63) is 52.5 Å². The zero-order valence-electron chi connectivity index (χ0n) is 18.3. The summed E-state index contributed by atoms with van der Waals surface area (Å²) in [6.07, 6.45) is 7.23. The number of carbonyl (C=O) groups excluding carboxylic acids is 3. The van der Waals surface area contributed by atoms with E-state index in [1.807, 2.05) is 12.1 Å². The highest BCUT2D eigenvalue weighted by Gasteiger charge is 2.51. The third-order valence-corrected chi connectivity index (χ3v) is 6.73. The highest BCUT2D eigenvalue weighted by molar-refractivity contribution is 9.10.